The quantitative estimate of drug-likeness (QED) is 0.739. The van der Waals surface area contributed by atoms with Crippen LogP contribution in [-0.4, -0.2) is 54.3 Å². The highest BCUT2D eigenvalue weighted by Gasteiger charge is 2.11. The van der Waals surface area contributed by atoms with Crippen LogP contribution in [0.4, 0.5) is 10.9 Å². The predicted molar refractivity (Wildman–Crippen MR) is 98.9 cm³/mol. The molecule has 24 heavy (non-hydrogen) atoms. The minimum Gasteiger partial charge on any atom is -0.396 e. The molecule has 0 aromatic carbocycles. The van der Waals surface area contributed by atoms with Gasteiger partial charge in [0.1, 0.15) is 11.5 Å². The molecule has 2 aromatic rings. The highest BCUT2D eigenvalue weighted by molar-refractivity contribution is 7.14. The maximum atomic E-state index is 8.95. The number of aliphatic imine (C=N–C) groups is 1. The van der Waals surface area contributed by atoms with Gasteiger partial charge in [0.15, 0.2) is 11.1 Å². The lowest BCUT2D eigenvalue weighted by atomic mass is 10.3. The minimum absolute atomic E-state index is 0.184. The summed E-state index contributed by atoms with van der Waals surface area (Å²) >= 11 is 1.54. The molecule has 0 radical (unpaired) electrons. The van der Waals surface area contributed by atoms with E-state index in [1.165, 1.54) is 11.3 Å². The Hall–Kier alpha value is -2.19. The number of aliphatic hydroxyl groups excluding tert-OH is 1. The molecule has 3 rings (SSSR count). The van der Waals surface area contributed by atoms with Crippen molar-refractivity contribution in [1.82, 2.24) is 15.3 Å². The van der Waals surface area contributed by atoms with E-state index in [-0.39, 0.29) is 6.61 Å². The van der Waals surface area contributed by atoms with Gasteiger partial charge in [0.2, 0.25) is 0 Å². The van der Waals surface area contributed by atoms with Gasteiger partial charge in [-0.05, 0) is 25.0 Å². The van der Waals surface area contributed by atoms with E-state index < -0.39 is 0 Å². The Morgan fingerprint density at radius 2 is 2.25 bits per heavy atom. The number of nitrogens with zero attached hydrogens (tertiary/aromatic N) is 4. The van der Waals surface area contributed by atoms with Gasteiger partial charge in [-0.2, -0.15) is 0 Å². The molecule has 3 heterocycles. The van der Waals surface area contributed by atoms with Gasteiger partial charge in [-0.3, -0.25) is 4.99 Å². The first-order valence-electron chi connectivity index (χ1n) is 8.06. The molecule has 1 aliphatic heterocycles. The van der Waals surface area contributed by atoms with Gasteiger partial charge in [0.25, 0.3) is 0 Å². The number of hydrogen-bond donors (Lipinski definition) is 3. The SMILES string of the molecule is CN(CCCO)c1cccc(-c2csc(NC3=NCCCN3)n2)n1. The molecule has 0 atom stereocenters. The van der Waals surface area contributed by atoms with Crippen LogP contribution in [0.3, 0.4) is 0 Å². The van der Waals surface area contributed by atoms with Crippen LogP contribution in [0.1, 0.15) is 12.8 Å². The Morgan fingerprint density at radius 3 is 3.04 bits per heavy atom. The first-order chi connectivity index (χ1) is 11.8. The Kier molecular flexibility index (Phi) is 5.60. The first-order valence-corrected chi connectivity index (χ1v) is 8.94. The van der Waals surface area contributed by atoms with Crippen LogP contribution in [0.15, 0.2) is 28.6 Å². The summed E-state index contributed by atoms with van der Waals surface area (Å²) in [5.41, 5.74) is 1.68. The number of rotatable bonds is 6. The van der Waals surface area contributed by atoms with E-state index in [4.69, 9.17) is 5.11 Å². The molecule has 1 aliphatic rings. The van der Waals surface area contributed by atoms with Crippen molar-refractivity contribution in [2.45, 2.75) is 12.8 Å². The van der Waals surface area contributed by atoms with E-state index in [2.05, 4.69) is 25.6 Å². The smallest absolute Gasteiger partial charge is 0.197 e. The molecule has 7 nitrogen and oxygen atoms in total. The van der Waals surface area contributed by atoms with Gasteiger partial charge >= 0.3 is 0 Å². The molecule has 3 N–H and O–H groups in total. The van der Waals surface area contributed by atoms with E-state index in [9.17, 15) is 0 Å². The zero-order valence-corrected chi connectivity index (χ0v) is 14.5. The van der Waals surface area contributed by atoms with Crippen LogP contribution in [-0.2, 0) is 0 Å². The summed E-state index contributed by atoms with van der Waals surface area (Å²) < 4.78 is 0. The largest absolute Gasteiger partial charge is 0.396 e. The third-order valence-corrected chi connectivity index (χ3v) is 4.42. The summed E-state index contributed by atoms with van der Waals surface area (Å²) in [6, 6.07) is 5.90. The molecule has 0 bridgehead atoms. The summed E-state index contributed by atoms with van der Waals surface area (Å²) in [4.78, 5) is 15.7. The van der Waals surface area contributed by atoms with E-state index >= 15 is 0 Å². The maximum Gasteiger partial charge on any atom is 0.197 e. The monoisotopic (exact) mass is 346 g/mol. The van der Waals surface area contributed by atoms with Crippen molar-refractivity contribution in [2.24, 2.45) is 4.99 Å². The lowest BCUT2D eigenvalue weighted by Gasteiger charge is -2.17. The van der Waals surface area contributed by atoms with Crippen molar-refractivity contribution < 1.29 is 5.11 Å². The van der Waals surface area contributed by atoms with Crippen LogP contribution >= 0.6 is 11.3 Å². The Labute approximate surface area is 145 Å². The van der Waals surface area contributed by atoms with Crippen molar-refractivity contribution in [3.63, 3.8) is 0 Å². The second-order valence-corrected chi connectivity index (χ2v) is 6.41. The molecule has 0 saturated heterocycles. The molecule has 8 heteroatoms. The number of guanidine groups is 1. The number of anilines is 2. The molecule has 0 amide bonds. The van der Waals surface area contributed by atoms with Crippen LogP contribution in [0.5, 0.6) is 0 Å². The summed E-state index contributed by atoms with van der Waals surface area (Å²) in [5, 5.41) is 18.2. The van der Waals surface area contributed by atoms with Crippen LogP contribution < -0.4 is 15.5 Å². The van der Waals surface area contributed by atoms with E-state index in [0.29, 0.717) is 0 Å². The van der Waals surface area contributed by atoms with E-state index in [1.807, 2.05) is 35.5 Å². The Morgan fingerprint density at radius 1 is 1.33 bits per heavy atom. The van der Waals surface area contributed by atoms with Crippen molar-refractivity contribution in [2.75, 3.05) is 43.5 Å². The lowest BCUT2D eigenvalue weighted by Crippen LogP contribution is -2.35. The highest BCUT2D eigenvalue weighted by Crippen LogP contribution is 2.25. The number of thiazole rings is 1. The Bertz CT molecular complexity index is 701. The maximum absolute atomic E-state index is 8.95. The minimum atomic E-state index is 0.184. The molecule has 0 unspecified atom stereocenters. The molecular weight excluding hydrogens is 324 g/mol. The fourth-order valence-corrected chi connectivity index (χ4v) is 3.07. The van der Waals surface area contributed by atoms with Gasteiger partial charge in [-0.1, -0.05) is 6.07 Å². The predicted octanol–water partition coefficient (Wildman–Crippen LogP) is 1.78. The van der Waals surface area contributed by atoms with E-state index in [0.717, 1.165) is 60.8 Å². The summed E-state index contributed by atoms with van der Waals surface area (Å²) in [6.45, 7) is 2.73. The zero-order valence-electron chi connectivity index (χ0n) is 13.7. The molecular formula is C16H22N6OS. The van der Waals surface area contributed by atoms with Gasteiger partial charge in [0.05, 0.1) is 5.69 Å². The second-order valence-electron chi connectivity index (χ2n) is 5.55. The van der Waals surface area contributed by atoms with Crippen molar-refractivity contribution in [3.05, 3.63) is 23.6 Å². The molecule has 0 spiro atoms. The van der Waals surface area contributed by atoms with Crippen LogP contribution in [0.25, 0.3) is 11.4 Å². The standard InChI is InChI=1S/C16H22N6OS/c1-22(9-4-10-23)14-6-2-5-12(19-14)13-11-24-16(20-13)21-15-17-7-3-8-18-15/h2,5-6,11,23H,3-4,7-10H2,1H3,(H2,17,18,20,21). The van der Waals surface area contributed by atoms with E-state index in [1.54, 1.807) is 0 Å². The van der Waals surface area contributed by atoms with Gasteiger partial charge < -0.3 is 20.6 Å². The fourth-order valence-electron chi connectivity index (χ4n) is 2.37. The normalized spacial score (nSPS) is 14.0. The van der Waals surface area contributed by atoms with Crippen molar-refractivity contribution >= 4 is 28.2 Å². The number of aromatic nitrogens is 2. The number of pyridine rings is 1. The summed E-state index contributed by atoms with van der Waals surface area (Å²) in [7, 11) is 1.97. The first kappa shape index (κ1) is 16.7. The fraction of sp³-hybridized carbons (Fsp3) is 0.438. The average molecular weight is 346 g/mol. The van der Waals surface area contributed by atoms with Crippen molar-refractivity contribution in [3.8, 4) is 11.4 Å². The molecule has 0 saturated carbocycles. The number of hydrogen-bond acceptors (Lipinski definition) is 8. The van der Waals surface area contributed by atoms with Crippen LogP contribution in [0.2, 0.25) is 0 Å². The second kappa shape index (κ2) is 8.07. The number of aliphatic hydroxyl groups is 1. The topological polar surface area (TPSA) is 85.7 Å². The molecule has 128 valence electrons. The highest BCUT2D eigenvalue weighted by atomic mass is 32.1. The average Bonchev–Trinajstić information content (AvgIpc) is 3.09. The zero-order chi connectivity index (χ0) is 16.8. The summed E-state index contributed by atoms with van der Waals surface area (Å²) in [6.07, 6.45) is 1.79. The third kappa shape index (κ3) is 4.21. The van der Waals surface area contributed by atoms with Gasteiger partial charge in [-0.25, -0.2) is 9.97 Å². The van der Waals surface area contributed by atoms with Gasteiger partial charge in [-0.15, -0.1) is 11.3 Å². The van der Waals surface area contributed by atoms with Crippen molar-refractivity contribution in [1.29, 1.82) is 0 Å². The Balaban J connectivity index is 1.71. The number of nitrogens with one attached hydrogen (secondary N) is 2. The molecule has 2 aromatic heterocycles. The lowest BCUT2D eigenvalue weighted by molar-refractivity contribution is 0.290. The third-order valence-electron chi connectivity index (χ3n) is 3.67. The van der Waals surface area contributed by atoms with Crippen LogP contribution in [0, 0.1) is 0 Å². The molecule has 0 aliphatic carbocycles. The van der Waals surface area contributed by atoms with Gasteiger partial charge in [0, 0.05) is 38.7 Å². The summed E-state index contributed by atoms with van der Waals surface area (Å²) in [5.74, 6) is 1.66. The molecule has 0 fully saturated rings.